The molecule has 1 aliphatic heterocycles. The number of carbonyl (C=O) groups is 2. The lowest BCUT2D eigenvalue weighted by molar-refractivity contribution is -0.385. The third kappa shape index (κ3) is 2.67. The number of rotatable bonds is 5. The van der Waals surface area contributed by atoms with Crippen molar-refractivity contribution in [2.75, 3.05) is 14.2 Å². The summed E-state index contributed by atoms with van der Waals surface area (Å²) in [5.41, 5.74) is 0.498. The van der Waals surface area contributed by atoms with Crippen molar-refractivity contribution in [3.05, 3.63) is 63.2 Å². The van der Waals surface area contributed by atoms with Crippen LogP contribution in [0.2, 0.25) is 0 Å². The van der Waals surface area contributed by atoms with Gasteiger partial charge in [0.2, 0.25) is 0 Å². The van der Waals surface area contributed by atoms with Crippen LogP contribution < -0.4 is 9.47 Å². The fourth-order valence-corrected chi connectivity index (χ4v) is 2.76. The predicted octanol–water partition coefficient (Wildman–Crippen LogP) is 2.41. The number of ether oxygens (including phenoxy) is 2. The first kappa shape index (κ1) is 16.4. The lowest BCUT2D eigenvalue weighted by Gasteiger charge is -2.16. The van der Waals surface area contributed by atoms with Gasteiger partial charge in [-0.25, -0.2) is 0 Å². The standard InChI is InChI=1S/C17H14N2O6/c1-24-14-7-10(13(19(22)23)8-15(14)25-2)9-18-16(20)11-5-3-4-6-12(11)17(18)21/h3-8H,9H2,1-2H3. The molecular weight excluding hydrogens is 328 g/mol. The lowest BCUT2D eigenvalue weighted by Crippen LogP contribution is -2.29. The number of benzene rings is 2. The lowest BCUT2D eigenvalue weighted by atomic mass is 10.1. The molecule has 0 aliphatic carbocycles. The average Bonchev–Trinajstić information content (AvgIpc) is 2.86. The molecule has 2 aromatic rings. The van der Waals surface area contributed by atoms with Crippen molar-refractivity contribution in [1.29, 1.82) is 0 Å². The minimum Gasteiger partial charge on any atom is -0.493 e. The van der Waals surface area contributed by atoms with Crippen LogP contribution in [0.5, 0.6) is 11.5 Å². The molecule has 0 fully saturated rings. The van der Waals surface area contributed by atoms with Gasteiger partial charge in [0, 0.05) is 0 Å². The van der Waals surface area contributed by atoms with Gasteiger partial charge in [-0.3, -0.25) is 24.6 Å². The summed E-state index contributed by atoms with van der Waals surface area (Å²) in [7, 11) is 2.76. The number of amides is 2. The highest BCUT2D eigenvalue weighted by molar-refractivity contribution is 6.21. The predicted molar refractivity (Wildman–Crippen MR) is 86.8 cm³/mol. The van der Waals surface area contributed by atoms with E-state index in [-0.39, 0.29) is 40.4 Å². The summed E-state index contributed by atoms with van der Waals surface area (Å²) in [5, 5.41) is 11.4. The quantitative estimate of drug-likeness (QED) is 0.470. The molecule has 25 heavy (non-hydrogen) atoms. The van der Waals surface area contributed by atoms with E-state index in [0.29, 0.717) is 0 Å². The molecule has 0 N–H and O–H groups in total. The minimum atomic E-state index is -0.588. The first-order chi connectivity index (χ1) is 12.0. The Morgan fingerprint density at radius 3 is 2.00 bits per heavy atom. The molecule has 0 saturated heterocycles. The Labute approximate surface area is 142 Å². The van der Waals surface area contributed by atoms with E-state index in [1.54, 1.807) is 24.3 Å². The van der Waals surface area contributed by atoms with Crippen molar-refractivity contribution in [2.45, 2.75) is 6.54 Å². The van der Waals surface area contributed by atoms with E-state index in [1.807, 2.05) is 0 Å². The molecule has 0 atom stereocenters. The monoisotopic (exact) mass is 342 g/mol. The van der Waals surface area contributed by atoms with Crippen molar-refractivity contribution in [2.24, 2.45) is 0 Å². The molecule has 1 heterocycles. The molecule has 0 radical (unpaired) electrons. The maximum absolute atomic E-state index is 12.4. The third-order valence-electron chi connectivity index (χ3n) is 3.99. The third-order valence-corrected chi connectivity index (χ3v) is 3.99. The number of carbonyl (C=O) groups excluding carboxylic acids is 2. The zero-order valence-electron chi connectivity index (χ0n) is 13.5. The highest BCUT2D eigenvalue weighted by atomic mass is 16.6. The number of hydrogen-bond acceptors (Lipinski definition) is 6. The summed E-state index contributed by atoms with van der Waals surface area (Å²) in [6.45, 7) is -0.233. The van der Waals surface area contributed by atoms with Crippen molar-refractivity contribution in [3.8, 4) is 11.5 Å². The summed E-state index contributed by atoms with van der Waals surface area (Å²) in [4.78, 5) is 36.7. The molecule has 2 amide bonds. The second kappa shape index (κ2) is 6.23. The van der Waals surface area contributed by atoms with Gasteiger partial charge >= 0.3 is 0 Å². The van der Waals surface area contributed by atoms with Crippen molar-refractivity contribution >= 4 is 17.5 Å². The largest absolute Gasteiger partial charge is 0.493 e. The normalized spacial score (nSPS) is 13.0. The molecular formula is C17H14N2O6. The number of imide groups is 1. The molecule has 2 aromatic carbocycles. The molecule has 8 heteroatoms. The van der Waals surface area contributed by atoms with Crippen LogP contribution in [0.1, 0.15) is 26.3 Å². The Balaban J connectivity index is 2.02. The summed E-state index contributed by atoms with van der Waals surface area (Å²) in [5.74, 6) is -0.491. The van der Waals surface area contributed by atoms with Crippen molar-refractivity contribution < 1.29 is 24.0 Å². The van der Waals surface area contributed by atoms with Crippen LogP contribution in [0.4, 0.5) is 5.69 Å². The van der Waals surface area contributed by atoms with Gasteiger partial charge in [-0.2, -0.15) is 0 Å². The van der Waals surface area contributed by atoms with Gasteiger partial charge in [0.1, 0.15) is 0 Å². The van der Waals surface area contributed by atoms with E-state index in [2.05, 4.69) is 0 Å². The van der Waals surface area contributed by atoms with Gasteiger partial charge in [0.15, 0.2) is 11.5 Å². The van der Waals surface area contributed by atoms with Crippen molar-refractivity contribution in [1.82, 2.24) is 4.90 Å². The molecule has 128 valence electrons. The van der Waals surface area contributed by atoms with Gasteiger partial charge < -0.3 is 9.47 Å². The summed E-state index contributed by atoms with van der Waals surface area (Å²) in [6.07, 6.45) is 0. The maximum atomic E-state index is 12.4. The molecule has 3 rings (SSSR count). The van der Waals surface area contributed by atoms with Crippen LogP contribution in [-0.2, 0) is 6.54 Å². The summed E-state index contributed by atoms with van der Waals surface area (Å²) >= 11 is 0. The fraction of sp³-hybridized carbons (Fsp3) is 0.176. The van der Waals surface area contributed by atoms with Gasteiger partial charge in [-0.1, -0.05) is 12.1 Å². The highest BCUT2D eigenvalue weighted by Crippen LogP contribution is 2.36. The molecule has 0 saturated carbocycles. The molecule has 1 aliphatic rings. The van der Waals surface area contributed by atoms with Gasteiger partial charge in [-0.15, -0.1) is 0 Å². The molecule has 0 spiro atoms. The Morgan fingerprint density at radius 1 is 1.00 bits per heavy atom. The van der Waals surface area contributed by atoms with E-state index in [9.17, 15) is 19.7 Å². The first-order valence-corrected chi connectivity index (χ1v) is 7.32. The van der Waals surface area contributed by atoms with E-state index in [4.69, 9.17) is 9.47 Å². The van der Waals surface area contributed by atoms with Crippen LogP contribution in [0.25, 0.3) is 0 Å². The summed E-state index contributed by atoms with van der Waals surface area (Å²) < 4.78 is 10.2. The molecule has 0 aromatic heterocycles. The maximum Gasteiger partial charge on any atom is 0.278 e. The number of fused-ring (bicyclic) bond motifs is 1. The van der Waals surface area contributed by atoms with Gasteiger partial charge in [-0.05, 0) is 18.2 Å². The Morgan fingerprint density at radius 2 is 1.52 bits per heavy atom. The van der Waals surface area contributed by atoms with Crippen LogP contribution in [0.15, 0.2) is 36.4 Å². The van der Waals surface area contributed by atoms with E-state index >= 15 is 0 Å². The smallest absolute Gasteiger partial charge is 0.278 e. The van der Waals surface area contributed by atoms with Gasteiger partial charge in [0.25, 0.3) is 17.5 Å². The van der Waals surface area contributed by atoms with Crippen LogP contribution in [0, 0.1) is 10.1 Å². The number of nitro benzene ring substituents is 1. The van der Waals surface area contributed by atoms with E-state index in [1.165, 1.54) is 26.4 Å². The number of nitrogens with zero attached hydrogens (tertiary/aromatic N) is 2. The molecule has 0 bridgehead atoms. The SMILES string of the molecule is COc1cc(CN2C(=O)c3ccccc3C2=O)c([N+](=O)[O-])cc1OC. The second-order valence-electron chi connectivity index (χ2n) is 5.34. The Kier molecular flexibility index (Phi) is 4.10. The van der Waals surface area contributed by atoms with Gasteiger partial charge in [0.05, 0.1) is 48.4 Å². The number of nitro groups is 1. The fourth-order valence-electron chi connectivity index (χ4n) is 2.76. The Hall–Kier alpha value is -3.42. The van der Waals surface area contributed by atoms with E-state index < -0.39 is 16.7 Å². The first-order valence-electron chi connectivity index (χ1n) is 7.32. The minimum absolute atomic E-state index is 0.178. The molecule has 0 unspecified atom stereocenters. The summed E-state index contributed by atoms with van der Waals surface area (Å²) in [6, 6.07) is 9.04. The Bertz CT molecular complexity index is 858. The topological polar surface area (TPSA) is 99.0 Å². The zero-order valence-corrected chi connectivity index (χ0v) is 13.5. The van der Waals surface area contributed by atoms with E-state index in [0.717, 1.165) is 4.90 Å². The van der Waals surface area contributed by atoms with Crippen LogP contribution in [-0.4, -0.2) is 35.9 Å². The van der Waals surface area contributed by atoms with Crippen molar-refractivity contribution in [3.63, 3.8) is 0 Å². The second-order valence-corrected chi connectivity index (χ2v) is 5.34. The molecule has 8 nitrogen and oxygen atoms in total. The average molecular weight is 342 g/mol. The highest BCUT2D eigenvalue weighted by Gasteiger charge is 2.36. The van der Waals surface area contributed by atoms with Crippen LogP contribution >= 0.6 is 0 Å². The number of methoxy groups -OCH3 is 2. The number of hydrogen-bond donors (Lipinski definition) is 0. The van der Waals surface area contributed by atoms with Crippen LogP contribution in [0.3, 0.4) is 0 Å². The zero-order chi connectivity index (χ0) is 18.1.